The molecule has 2 heterocycles. The molecule has 0 N–H and O–H groups in total. The lowest BCUT2D eigenvalue weighted by Crippen LogP contribution is -2.44. The first-order chi connectivity index (χ1) is 14.0. The fraction of sp³-hybridized carbons (Fsp3) is 0.348. The number of aromatic nitrogens is 3. The summed E-state index contributed by atoms with van der Waals surface area (Å²) < 4.78 is 1.97. The predicted molar refractivity (Wildman–Crippen MR) is 115 cm³/mol. The fourth-order valence-electron chi connectivity index (χ4n) is 3.90. The Labute approximate surface area is 171 Å². The molecule has 1 amide bonds. The van der Waals surface area contributed by atoms with Gasteiger partial charge in [-0.15, -0.1) is 0 Å². The van der Waals surface area contributed by atoms with Gasteiger partial charge in [0.1, 0.15) is 0 Å². The molecular weight excluding hydrogens is 362 g/mol. The van der Waals surface area contributed by atoms with E-state index in [1.807, 2.05) is 83.2 Å². The maximum Gasteiger partial charge on any atom is 0.254 e. The van der Waals surface area contributed by atoms with Crippen molar-refractivity contribution in [3.8, 4) is 11.4 Å². The number of carbonyl (C=O) groups excluding carboxylic acids is 1. The van der Waals surface area contributed by atoms with Crippen LogP contribution in [0.25, 0.3) is 11.4 Å². The molecule has 6 heteroatoms. The molecular formula is C23H27N5O. The van der Waals surface area contributed by atoms with Crippen molar-refractivity contribution in [3.63, 3.8) is 0 Å². The van der Waals surface area contributed by atoms with Gasteiger partial charge >= 0.3 is 0 Å². The number of amides is 1. The zero-order chi connectivity index (χ0) is 20.5. The van der Waals surface area contributed by atoms with E-state index in [2.05, 4.69) is 13.8 Å². The number of hydrogen-bond donors (Lipinski definition) is 0. The van der Waals surface area contributed by atoms with Crippen molar-refractivity contribution in [1.82, 2.24) is 19.7 Å². The molecule has 0 saturated carbocycles. The Bertz CT molecular complexity index is 1010. The molecule has 0 bridgehead atoms. The third kappa shape index (κ3) is 3.62. The predicted octanol–water partition coefficient (Wildman–Crippen LogP) is 3.86. The molecule has 0 unspecified atom stereocenters. The Kier molecular flexibility index (Phi) is 5.09. The van der Waals surface area contributed by atoms with Gasteiger partial charge in [0.2, 0.25) is 0 Å². The summed E-state index contributed by atoms with van der Waals surface area (Å²) in [5.41, 5.74) is 2.72. The van der Waals surface area contributed by atoms with Crippen molar-refractivity contribution in [2.24, 2.45) is 5.92 Å². The van der Waals surface area contributed by atoms with Crippen molar-refractivity contribution in [1.29, 1.82) is 0 Å². The van der Waals surface area contributed by atoms with Crippen LogP contribution in [-0.4, -0.2) is 46.2 Å². The number of hydrogen-bond acceptors (Lipinski definition) is 4. The lowest BCUT2D eigenvalue weighted by molar-refractivity contribution is 0.0537. The molecule has 1 aliphatic heterocycles. The van der Waals surface area contributed by atoms with E-state index in [-0.39, 0.29) is 17.9 Å². The normalized spacial score (nSPS) is 16.0. The van der Waals surface area contributed by atoms with Gasteiger partial charge in [-0.3, -0.25) is 4.79 Å². The second-order valence-electron chi connectivity index (χ2n) is 8.01. The molecule has 29 heavy (non-hydrogen) atoms. The average molecular weight is 390 g/mol. The molecule has 6 nitrogen and oxygen atoms in total. The molecule has 1 aliphatic rings. The largest absolute Gasteiger partial charge is 0.378 e. The van der Waals surface area contributed by atoms with Crippen molar-refractivity contribution in [3.05, 3.63) is 66.0 Å². The number of carbonyl (C=O) groups is 1. The Morgan fingerprint density at radius 1 is 1.07 bits per heavy atom. The van der Waals surface area contributed by atoms with Gasteiger partial charge in [0.25, 0.3) is 5.91 Å². The summed E-state index contributed by atoms with van der Waals surface area (Å²) in [5.74, 6) is 1.85. The lowest BCUT2D eigenvalue weighted by Gasteiger charge is -2.37. The van der Waals surface area contributed by atoms with Crippen LogP contribution in [0.3, 0.4) is 0 Å². The second-order valence-corrected chi connectivity index (χ2v) is 8.01. The van der Waals surface area contributed by atoms with Gasteiger partial charge in [-0.25, -0.2) is 9.67 Å². The molecule has 0 saturated heterocycles. The first-order valence-electron chi connectivity index (χ1n) is 10.0. The monoisotopic (exact) mass is 389 g/mol. The van der Waals surface area contributed by atoms with Gasteiger partial charge in [0.15, 0.2) is 11.6 Å². The van der Waals surface area contributed by atoms with E-state index >= 15 is 0 Å². The highest BCUT2D eigenvalue weighted by molar-refractivity contribution is 5.95. The molecule has 0 radical (unpaired) electrons. The van der Waals surface area contributed by atoms with Crippen LogP contribution in [-0.2, 0) is 6.54 Å². The van der Waals surface area contributed by atoms with Gasteiger partial charge < -0.3 is 9.80 Å². The van der Waals surface area contributed by atoms with Crippen LogP contribution in [0.4, 0.5) is 5.69 Å². The highest BCUT2D eigenvalue weighted by Crippen LogP contribution is 2.33. The van der Waals surface area contributed by atoms with Gasteiger partial charge in [-0.05, 0) is 24.1 Å². The van der Waals surface area contributed by atoms with Gasteiger partial charge in [0.05, 0.1) is 12.6 Å². The van der Waals surface area contributed by atoms with E-state index in [4.69, 9.17) is 10.1 Å². The summed E-state index contributed by atoms with van der Waals surface area (Å²) in [5, 5.41) is 4.72. The van der Waals surface area contributed by atoms with Crippen molar-refractivity contribution in [2.45, 2.75) is 26.4 Å². The number of benzene rings is 2. The third-order valence-corrected chi connectivity index (χ3v) is 5.39. The SMILES string of the molecule is CC(C)[C@H]1c2nc(-c3ccccc3)nn2CCN1C(=O)c1cccc(N(C)C)c1. The lowest BCUT2D eigenvalue weighted by atomic mass is 9.98. The first-order valence-corrected chi connectivity index (χ1v) is 10.0. The van der Waals surface area contributed by atoms with Crippen LogP contribution in [0.5, 0.6) is 0 Å². The maximum atomic E-state index is 13.4. The minimum Gasteiger partial charge on any atom is -0.378 e. The summed E-state index contributed by atoms with van der Waals surface area (Å²) in [7, 11) is 3.96. The molecule has 1 aromatic heterocycles. The van der Waals surface area contributed by atoms with E-state index in [0.717, 1.165) is 22.9 Å². The molecule has 3 aromatic rings. The van der Waals surface area contributed by atoms with Crippen molar-refractivity contribution in [2.75, 3.05) is 25.5 Å². The summed E-state index contributed by atoms with van der Waals surface area (Å²) in [6, 6.07) is 17.7. The maximum absolute atomic E-state index is 13.4. The second kappa shape index (κ2) is 7.70. The van der Waals surface area contributed by atoms with E-state index < -0.39 is 0 Å². The quantitative estimate of drug-likeness (QED) is 0.680. The molecule has 0 spiro atoms. The smallest absolute Gasteiger partial charge is 0.254 e. The molecule has 0 fully saturated rings. The van der Waals surface area contributed by atoms with Gasteiger partial charge in [0, 0.05) is 37.5 Å². The summed E-state index contributed by atoms with van der Waals surface area (Å²) in [6.07, 6.45) is 0. The van der Waals surface area contributed by atoms with Crippen LogP contribution in [0.2, 0.25) is 0 Å². The third-order valence-electron chi connectivity index (χ3n) is 5.39. The molecule has 0 aliphatic carbocycles. The highest BCUT2D eigenvalue weighted by Gasteiger charge is 2.36. The van der Waals surface area contributed by atoms with Crippen LogP contribution in [0.1, 0.15) is 36.1 Å². The van der Waals surface area contributed by atoms with Crippen LogP contribution in [0.15, 0.2) is 54.6 Å². The van der Waals surface area contributed by atoms with Crippen LogP contribution in [0, 0.1) is 5.92 Å². The summed E-state index contributed by atoms with van der Waals surface area (Å²) in [4.78, 5) is 22.2. The van der Waals surface area contributed by atoms with Crippen molar-refractivity contribution >= 4 is 11.6 Å². The molecule has 4 rings (SSSR count). The highest BCUT2D eigenvalue weighted by atomic mass is 16.2. The zero-order valence-corrected chi connectivity index (χ0v) is 17.4. The number of nitrogens with zero attached hydrogens (tertiary/aromatic N) is 5. The summed E-state index contributed by atoms with van der Waals surface area (Å²) in [6.45, 7) is 5.54. The molecule has 1 atom stereocenters. The number of fused-ring (bicyclic) bond motifs is 1. The van der Waals surface area contributed by atoms with Gasteiger partial charge in [-0.1, -0.05) is 50.2 Å². The van der Waals surface area contributed by atoms with E-state index in [1.54, 1.807) is 0 Å². The fourth-order valence-corrected chi connectivity index (χ4v) is 3.90. The Morgan fingerprint density at radius 3 is 2.52 bits per heavy atom. The Morgan fingerprint density at radius 2 is 1.83 bits per heavy atom. The van der Waals surface area contributed by atoms with Crippen LogP contribution >= 0.6 is 0 Å². The number of rotatable bonds is 4. The molecule has 150 valence electrons. The van der Waals surface area contributed by atoms with Crippen LogP contribution < -0.4 is 4.90 Å². The topological polar surface area (TPSA) is 54.3 Å². The minimum absolute atomic E-state index is 0.0444. The molecule has 2 aromatic carbocycles. The standard InChI is InChI=1S/C23H27N5O/c1-16(2)20-22-24-21(17-9-6-5-7-10-17)25-28(22)14-13-27(20)23(29)18-11-8-12-19(15-18)26(3)4/h5-12,15-16,20H,13-14H2,1-4H3/t20-/m0/s1. The van der Waals surface area contributed by atoms with Gasteiger partial charge in [-0.2, -0.15) is 5.10 Å². The van der Waals surface area contributed by atoms with E-state index in [9.17, 15) is 4.79 Å². The van der Waals surface area contributed by atoms with E-state index in [0.29, 0.717) is 18.7 Å². The Hall–Kier alpha value is -3.15. The minimum atomic E-state index is -0.107. The first kappa shape index (κ1) is 19.2. The van der Waals surface area contributed by atoms with Crippen molar-refractivity contribution < 1.29 is 4.79 Å². The van der Waals surface area contributed by atoms with E-state index in [1.165, 1.54) is 0 Å². The number of anilines is 1. The Balaban J connectivity index is 1.69. The summed E-state index contributed by atoms with van der Waals surface area (Å²) >= 11 is 0. The zero-order valence-electron chi connectivity index (χ0n) is 17.4. The average Bonchev–Trinajstić information content (AvgIpc) is 3.17.